The van der Waals surface area contributed by atoms with Crippen molar-refractivity contribution < 1.29 is 14.3 Å². The molecule has 1 aromatic carbocycles. The molecule has 1 fully saturated rings. The number of amides is 2. The Balaban J connectivity index is 1.41. The monoisotopic (exact) mass is 405 g/mol. The van der Waals surface area contributed by atoms with Crippen molar-refractivity contribution >= 4 is 17.9 Å². The average Bonchev–Trinajstić information content (AvgIpc) is 2.78. The molecular formula is C24H27N3O3. The molecule has 0 saturated carbocycles. The molecule has 2 heterocycles. The van der Waals surface area contributed by atoms with Gasteiger partial charge < -0.3 is 15.4 Å². The fourth-order valence-corrected chi connectivity index (χ4v) is 4.35. The van der Waals surface area contributed by atoms with Crippen LogP contribution in [0.25, 0.3) is 6.08 Å². The third-order valence-electron chi connectivity index (χ3n) is 6.14. The van der Waals surface area contributed by atoms with Crippen LogP contribution in [0.4, 0.5) is 0 Å². The first-order chi connectivity index (χ1) is 14.5. The fourth-order valence-electron chi connectivity index (χ4n) is 4.35. The topological polar surface area (TPSA) is 76.4 Å². The fraction of sp³-hybridized carbons (Fsp3) is 0.375. The summed E-state index contributed by atoms with van der Waals surface area (Å²) in [5.74, 6) is -0.184. The SMILES string of the molecule is CC(NC(=O)c1cccc[n+]1[O-])C1CCCN(C(=O)c2ccc3c(c2)CCC=C3)C1. The van der Waals surface area contributed by atoms with Crippen LogP contribution in [0, 0.1) is 11.1 Å². The van der Waals surface area contributed by atoms with Crippen molar-refractivity contribution in [2.24, 2.45) is 5.92 Å². The number of rotatable bonds is 4. The lowest BCUT2D eigenvalue weighted by molar-refractivity contribution is -0.607. The second-order valence-corrected chi connectivity index (χ2v) is 8.18. The van der Waals surface area contributed by atoms with E-state index in [1.54, 1.807) is 12.1 Å². The Kier molecular flexibility index (Phi) is 5.84. The predicted molar refractivity (Wildman–Crippen MR) is 115 cm³/mol. The molecule has 156 valence electrons. The number of piperidine rings is 1. The standard InChI is InChI=1S/C24H27N3O3/c1-17(25-23(28)22-10-4-5-14-27(22)30)21-9-6-13-26(16-21)24(29)20-12-11-18-7-2-3-8-19(18)15-20/h2,4-5,7,10-12,14-15,17,21H,3,6,8-9,13,16H2,1H3,(H,25,28). The van der Waals surface area contributed by atoms with Crippen molar-refractivity contribution in [2.75, 3.05) is 13.1 Å². The first kappa shape index (κ1) is 20.1. The lowest BCUT2D eigenvalue weighted by atomic mass is 9.90. The third-order valence-corrected chi connectivity index (χ3v) is 6.14. The minimum Gasteiger partial charge on any atom is -0.618 e. The first-order valence-corrected chi connectivity index (χ1v) is 10.6. The molecule has 0 bridgehead atoms. The molecule has 1 aromatic heterocycles. The maximum Gasteiger partial charge on any atom is 0.317 e. The van der Waals surface area contributed by atoms with E-state index >= 15 is 0 Å². The van der Waals surface area contributed by atoms with Gasteiger partial charge in [-0.25, -0.2) is 0 Å². The van der Waals surface area contributed by atoms with E-state index in [1.165, 1.54) is 23.4 Å². The number of hydrogen-bond donors (Lipinski definition) is 1. The molecule has 1 N–H and O–H groups in total. The van der Waals surface area contributed by atoms with Crippen LogP contribution in [0.15, 0.2) is 48.7 Å². The summed E-state index contributed by atoms with van der Waals surface area (Å²) in [5, 5.41) is 14.8. The molecule has 30 heavy (non-hydrogen) atoms. The van der Waals surface area contributed by atoms with Gasteiger partial charge in [0.15, 0.2) is 6.20 Å². The molecule has 1 aliphatic heterocycles. The molecule has 4 rings (SSSR count). The number of aryl methyl sites for hydroxylation is 1. The van der Waals surface area contributed by atoms with Gasteiger partial charge in [-0.3, -0.25) is 9.59 Å². The van der Waals surface area contributed by atoms with E-state index in [4.69, 9.17) is 0 Å². The second-order valence-electron chi connectivity index (χ2n) is 8.18. The normalized spacial score (nSPS) is 19.1. The number of carbonyl (C=O) groups is 2. The zero-order chi connectivity index (χ0) is 21.1. The summed E-state index contributed by atoms with van der Waals surface area (Å²) in [6, 6.07) is 10.6. The van der Waals surface area contributed by atoms with Crippen LogP contribution in [0.5, 0.6) is 0 Å². The summed E-state index contributed by atoms with van der Waals surface area (Å²) in [4.78, 5) is 27.5. The van der Waals surface area contributed by atoms with Crippen molar-refractivity contribution in [2.45, 2.75) is 38.6 Å². The summed E-state index contributed by atoms with van der Waals surface area (Å²) in [6.07, 6.45) is 9.42. The maximum absolute atomic E-state index is 13.1. The quantitative estimate of drug-likeness (QED) is 0.628. The van der Waals surface area contributed by atoms with Gasteiger partial charge in [0.05, 0.1) is 0 Å². The number of pyridine rings is 1. The number of nitrogens with one attached hydrogen (secondary N) is 1. The van der Waals surface area contributed by atoms with Gasteiger partial charge in [0, 0.05) is 36.8 Å². The zero-order valence-electron chi connectivity index (χ0n) is 17.2. The van der Waals surface area contributed by atoms with Crippen LogP contribution >= 0.6 is 0 Å². The molecule has 2 atom stereocenters. The van der Waals surface area contributed by atoms with E-state index in [-0.39, 0.29) is 29.5 Å². The first-order valence-electron chi connectivity index (χ1n) is 10.6. The van der Waals surface area contributed by atoms with Gasteiger partial charge in [0.2, 0.25) is 0 Å². The minimum absolute atomic E-state index is 0.0519. The van der Waals surface area contributed by atoms with Gasteiger partial charge in [0.1, 0.15) is 0 Å². The highest BCUT2D eigenvalue weighted by molar-refractivity contribution is 5.95. The number of carbonyl (C=O) groups excluding carboxylic acids is 2. The molecule has 2 aliphatic rings. The van der Waals surface area contributed by atoms with E-state index in [0.29, 0.717) is 11.3 Å². The van der Waals surface area contributed by atoms with E-state index in [0.717, 1.165) is 37.8 Å². The predicted octanol–water partition coefficient (Wildman–Crippen LogP) is 2.95. The molecule has 0 spiro atoms. The van der Waals surface area contributed by atoms with Crippen LogP contribution in [-0.4, -0.2) is 35.8 Å². The van der Waals surface area contributed by atoms with E-state index in [9.17, 15) is 14.8 Å². The maximum atomic E-state index is 13.1. The van der Waals surface area contributed by atoms with Crippen LogP contribution in [0.1, 0.15) is 58.2 Å². The second kappa shape index (κ2) is 8.69. The van der Waals surface area contributed by atoms with Crippen LogP contribution < -0.4 is 10.0 Å². The van der Waals surface area contributed by atoms with Gasteiger partial charge in [-0.15, -0.1) is 0 Å². The molecular weight excluding hydrogens is 378 g/mol. The van der Waals surface area contributed by atoms with Crippen molar-refractivity contribution in [3.8, 4) is 0 Å². The molecule has 2 aromatic rings. The number of nitrogens with zero attached hydrogens (tertiary/aromatic N) is 2. The van der Waals surface area contributed by atoms with Gasteiger partial charge in [-0.2, -0.15) is 4.73 Å². The number of fused-ring (bicyclic) bond motifs is 1. The van der Waals surface area contributed by atoms with E-state index in [2.05, 4.69) is 17.5 Å². The highest BCUT2D eigenvalue weighted by atomic mass is 16.5. The average molecular weight is 405 g/mol. The molecule has 2 unspecified atom stereocenters. The highest BCUT2D eigenvalue weighted by Gasteiger charge is 2.30. The molecule has 1 aliphatic carbocycles. The van der Waals surface area contributed by atoms with Crippen molar-refractivity contribution in [3.05, 3.63) is 76.3 Å². The Morgan fingerprint density at radius 3 is 2.97 bits per heavy atom. The molecule has 6 heteroatoms. The van der Waals surface area contributed by atoms with Crippen molar-refractivity contribution in [1.29, 1.82) is 0 Å². The summed E-state index contributed by atoms with van der Waals surface area (Å²) in [6.45, 7) is 3.27. The summed E-state index contributed by atoms with van der Waals surface area (Å²) in [5.41, 5.74) is 3.24. The number of likely N-dealkylation sites (tertiary alicyclic amines) is 1. The smallest absolute Gasteiger partial charge is 0.317 e. The number of allylic oxidation sites excluding steroid dienone is 1. The largest absolute Gasteiger partial charge is 0.618 e. The minimum atomic E-state index is -0.385. The van der Waals surface area contributed by atoms with Gasteiger partial charge in [0.25, 0.3) is 11.6 Å². The third kappa shape index (κ3) is 4.22. The lowest BCUT2D eigenvalue weighted by Crippen LogP contribution is -2.49. The Morgan fingerprint density at radius 1 is 1.27 bits per heavy atom. The Hall–Kier alpha value is -3.15. The van der Waals surface area contributed by atoms with Crippen LogP contribution in [0.2, 0.25) is 0 Å². The van der Waals surface area contributed by atoms with E-state index in [1.807, 2.05) is 30.0 Å². The Bertz CT molecular complexity index is 985. The molecule has 1 saturated heterocycles. The molecule has 2 amide bonds. The Morgan fingerprint density at radius 2 is 2.13 bits per heavy atom. The highest BCUT2D eigenvalue weighted by Crippen LogP contribution is 2.24. The Labute approximate surface area is 176 Å². The summed E-state index contributed by atoms with van der Waals surface area (Å²) >= 11 is 0. The van der Waals surface area contributed by atoms with E-state index < -0.39 is 0 Å². The van der Waals surface area contributed by atoms with Gasteiger partial charge >= 0.3 is 5.91 Å². The van der Waals surface area contributed by atoms with Crippen molar-refractivity contribution in [3.63, 3.8) is 0 Å². The van der Waals surface area contributed by atoms with Gasteiger partial charge in [-0.1, -0.05) is 18.2 Å². The van der Waals surface area contributed by atoms with Gasteiger partial charge in [-0.05, 0) is 67.9 Å². The summed E-state index contributed by atoms with van der Waals surface area (Å²) < 4.78 is 0.573. The zero-order valence-corrected chi connectivity index (χ0v) is 17.2. The number of hydrogen-bond acceptors (Lipinski definition) is 3. The lowest BCUT2D eigenvalue weighted by Gasteiger charge is -2.36. The van der Waals surface area contributed by atoms with Crippen LogP contribution in [-0.2, 0) is 6.42 Å². The molecule has 0 radical (unpaired) electrons. The number of aromatic nitrogens is 1. The molecule has 6 nitrogen and oxygen atoms in total. The summed E-state index contributed by atoms with van der Waals surface area (Å²) in [7, 11) is 0. The number of benzene rings is 1. The van der Waals surface area contributed by atoms with Crippen LogP contribution in [0.3, 0.4) is 0 Å². The van der Waals surface area contributed by atoms with Crippen molar-refractivity contribution in [1.82, 2.24) is 10.2 Å².